The summed E-state index contributed by atoms with van der Waals surface area (Å²) in [5.74, 6) is 7.43. The van der Waals surface area contributed by atoms with E-state index in [1.54, 1.807) is 17.3 Å². The Kier molecular flexibility index (Phi) is 13.0. The number of ether oxygens (including phenoxy) is 2. The smallest absolute Gasteiger partial charge is 0.407 e. The lowest BCUT2D eigenvalue weighted by Gasteiger charge is -2.37. The number of aromatic nitrogens is 4. The Balaban J connectivity index is 1.08. The molecule has 2 aromatic carbocycles. The van der Waals surface area contributed by atoms with Crippen molar-refractivity contribution < 1.29 is 28.7 Å². The zero-order valence-corrected chi connectivity index (χ0v) is 33.4. The molecule has 4 amide bonds. The van der Waals surface area contributed by atoms with E-state index in [2.05, 4.69) is 42.4 Å². The molecule has 4 aromatic rings. The number of carbonyl (C=O) groups excluding carboxylic acids is 4. The molecule has 0 spiro atoms. The van der Waals surface area contributed by atoms with Crippen LogP contribution >= 0.6 is 0 Å². The number of rotatable bonds is 10. The van der Waals surface area contributed by atoms with Gasteiger partial charge in [0.1, 0.15) is 23.7 Å². The Hall–Kier alpha value is -6.10. The number of nitrogens with one attached hydrogen (secondary N) is 4. The monoisotopic (exact) mass is 776 g/mol. The molecule has 0 saturated carbocycles. The molecule has 14 heteroatoms. The average molecular weight is 777 g/mol. The van der Waals surface area contributed by atoms with Gasteiger partial charge in [-0.2, -0.15) is 0 Å². The summed E-state index contributed by atoms with van der Waals surface area (Å²) in [5, 5.41) is 5.39. The lowest BCUT2D eigenvalue weighted by molar-refractivity contribution is -0.138. The van der Waals surface area contributed by atoms with Crippen LogP contribution in [-0.2, 0) is 19.1 Å². The summed E-state index contributed by atoms with van der Waals surface area (Å²) < 4.78 is 9.52. The molecular formula is C43H52N8O6. The maximum Gasteiger partial charge on any atom is 0.407 e. The highest BCUT2D eigenvalue weighted by molar-refractivity contribution is 5.87. The minimum absolute atomic E-state index is 0.107. The number of methoxy groups -OCH3 is 2. The van der Waals surface area contributed by atoms with Crippen LogP contribution in [0.3, 0.4) is 0 Å². The number of aromatic amines is 2. The number of alkyl carbamates (subject to hydrolysis) is 2. The fraction of sp³-hybridized carbons (Fsp3) is 0.442. The topological polar surface area (TPSA) is 175 Å². The minimum Gasteiger partial charge on any atom is -0.453 e. The average Bonchev–Trinajstić information content (AvgIpc) is 4.03. The molecule has 0 radical (unpaired) electrons. The number of H-pyrrole nitrogens is 2. The van der Waals surface area contributed by atoms with Gasteiger partial charge in [0, 0.05) is 24.2 Å². The van der Waals surface area contributed by atoms with Crippen LogP contribution in [0.5, 0.6) is 0 Å². The SMILES string of the molecule is COC(=O)NC(C(=O)N1CCC[C@H]1c1ncc(-c2ccc(C#Cc3ccc(-c4cnc([C@@H]5CCCCN5C(=O)[C@@H](NC(=O)OC)C(C)C)[nH]4)cc3)cc2)[nH]1)C(C)C. The van der Waals surface area contributed by atoms with Crippen LogP contribution in [-0.4, -0.2) is 93.1 Å². The van der Waals surface area contributed by atoms with Crippen molar-refractivity contribution in [2.75, 3.05) is 27.3 Å². The molecule has 57 heavy (non-hydrogen) atoms. The zero-order valence-electron chi connectivity index (χ0n) is 33.4. The van der Waals surface area contributed by atoms with E-state index in [9.17, 15) is 19.2 Å². The van der Waals surface area contributed by atoms with Gasteiger partial charge in [0.25, 0.3) is 0 Å². The first-order valence-electron chi connectivity index (χ1n) is 19.6. The molecule has 1 unspecified atom stereocenters. The van der Waals surface area contributed by atoms with Crippen molar-refractivity contribution in [3.8, 4) is 34.4 Å². The highest BCUT2D eigenvalue weighted by atomic mass is 16.5. The van der Waals surface area contributed by atoms with Gasteiger partial charge >= 0.3 is 12.2 Å². The van der Waals surface area contributed by atoms with E-state index in [0.717, 1.165) is 71.6 Å². The van der Waals surface area contributed by atoms with Gasteiger partial charge in [-0.3, -0.25) is 9.59 Å². The number of amides is 4. The van der Waals surface area contributed by atoms with Crippen LogP contribution in [0.1, 0.15) is 94.7 Å². The van der Waals surface area contributed by atoms with E-state index in [0.29, 0.717) is 18.9 Å². The van der Waals surface area contributed by atoms with Crippen molar-refractivity contribution in [3.05, 3.63) is 83.7 Å². The molecule has 4 N–H and O–H groups in total. The van der Waals surface area contributed by atoms with Crippen molar-refractivity contribution in [2.24, 2.45) is 11.8 Å². The molecule has 2 aromatic heterocycles. The summed E-state index contributed by atoms with van der Waals surface area (Å²) in [5.41, 5.74) is 5.30. The number of nitrogens with zero attached hydrogens (tertiary/aromatic N) is 4. The van der Waals surface area contributed by atoms with Crippen LogP contribution in [0.2, 0.25) is 0 Å². The molecule has 2 saturated heterocycles. The van der Waals surface area contributed by atoms with E-state index in [1.165, 1.54) is 14.2 Å². The van der Waals surface area contributed by atoms with E-state index >= 15 is 0 Å². The Bertz CT molecular complexity index is 2090. The third-order valence-corrected chi connectivity index (χ3v) is 10.7. The summed E-state index contributed by atoms with van der Waals surface area (Å²) in [6.45, 7) is 8.78. The van der Waals surface area contributed by atoms with Gasteiger partial charge in [-0.1, -0.05) is 63.8 Å². The first kappa shape index (κ1) is 40.6. The second kappa shape index (κ2) is 18.2. The van der Waals surface area contributed by atoms with Crippen molar-refractivity contribution in [1.82, 2.24) is 40.4 Å². The molecule has 14 nitrogen and oxygen atoms in total. The first-order valence-corrected chi connectivity index (χ1v) is 19.6. The lowest BCUT2D eigenvalue weighted by atomic mass is 9.97. The first-order chi connectivity index (χ1) is 27.5. The second-order valence-electron chi connectivity index (χ2n) is 15.2. The summed E-state index contributed by atoms with van der Waals surface area (Å²) >= 11 is 0. The predicted octanol–water partition coefficient (Wildman–Crippen LogP) is 6.34. The Morgan fingerprint density at radius 1 is 0.649 bits per heavy atom. The number of hydrogen-bond acceptors (Lipinski definition) is 8. The highest BCUT2D eigenvalue weighted by Crippen LogP contribution is 2.34. The summed E-state index contributed by atoms with van der Waals surface area (Å²) in [4.78, 5) is 70.9. The molecule has 2 aliphatic rings. The molecule has 4 heterocycles. The summed E-state index contributed by atoms with van der Waals surface area (Å²) in [6.07, 6.45) is 6.59. The number of carbonyl (C=O) groups is 4. The van der Waals surface area contributed by atoms with E-state index in [1.807, 2.05) is 81.1 Å². The fourth-order valence-electron chi connectivity index (χ4n) is 7.47. The minimum atomic E-state index is -0.694. The number of piperidine rings is 1. The summed E-state index contributed by atoms with van der Waals surface area (Å²) in [6, 6.07) is 14.0. The van der Waals surface area contributed by atoms with Crippen LogP contribution in [0, 0.1) is 23.7 Å². The molecule has 2 fully saturated rings. The van der Waals surface area contributed by atoms with E-state index < -0.39 is 24.3 Å². The van der Waals surface area contributed by atoms with Gasteiger partial charge in [-0.05, 0) is 79.3 Å². The number of benzene rings is 2. The zero-order chi connectivity index (χ0) is 40.6. The molecule has 6 rings (SSSR count). The van der Waals surface area contributed by atoms with Crippen LogP contribution in [0.25, 0.3) is 22.5 Å². The molecule has 0 aliphatic carbocycles. The third-order valence-electron chi connectivity index (χ3n) is 10.7. The largest absolute Gasteiger partial charge is 0.453 e. The standard InChI is InChI=1S/C43H52N8O6/c1-26(2)36(48-42(54)56-5)40(52)50-22-8-7-10-34(50)38-44-24-32(46-38)30-18-14-28(15-19-30)12-13-29-16-20-31(21-17-29)33-25-45-39(47-33)35-11-9-23-51(35)41(53)37(27(3)4)49-43(55)57-6/h14-21,24-27,34-37H,7-11,22-23H2,1-6H3,(H,44,46)(H,45,47)(H,48,54)(H,49,55)/t34-,35-,36-,37?/m0/s1. The van der Waals surface area contributed by atoms with E-state index in [-0.39, 0.29) is 35.7 Å². The second-order valence-corrected chi connectivity index (χ2v) is 15.2. The Morgan fingerprint density at radius 3 is 1.46 bits per heavy atom. The number of imidazole rings is 2. The summed E-state index contributed by atoms with van der Waals surface area (Å²) in [7, 11) is 2.58. The molecule has 4 atom stereocenters. The Labute approximate surface area is 333 Å². The number of hydrogen-bond donors (Lipinski definition) is 4. The number of likely N-dealkylation sites (tertiary alicyclic amines) is 2. The van der Waals surface area contributed by atoms with Gasteiger partial charge in [-0.15, -0.1) is 0 Å². The van der Waals surface area contributed by atoms with Crippen molar-refractivity contribution >= 4 is 24.0 Å². The molecule has 2 aliphatic heterocycles. The molecule has 0 bridgehead atoms. The van der Waals surface area contributed by atoms with Gasteiger partial charge in [0.2, 0.25) is 11.8 Å². The highest BCUT2D eigenvalue weighted by Gasteiger charge is 2.38. The lowest BCUT2D eigenvalue weighted by Crippen LogP contribution is -2.53. The third kappa shape index (κ3) is 9.48. The maximum absolute atomic E-state index is 13.6. The maximum atomic E-state index is 13.6. The van der Waals surface area contributed by atoms with Crippen molar-refractivity contribution in [2.45, 2.75) is 84.0 Å². The molecule has 300 valence electrons. The predicted molar refractivity (Wildman–Crippen MR) is 214 cm³/mol. The fourth-order valence-corrected chi connectivity index (χ4v) is 7.47. The van der Waals surface area contributed by atoms with Crippen LogP contribution < -0.4 is 10.6 Å². The van der Waals surface area contributed by atoms with E-state index in [4.69, 9.17) is 9.47 Å². The molecular weight excluding hydrogens is 725 g/mol. The van der Waals surface area contributed by atoms with Crippen LogP contribution in [0.4, 0.5) is 9.59 Å². The van der Waals surface area contributed by atoms with Gasteiger partial charge < -0.3 is 39.9 Å². The van der Waals surface area contributed by atoms with Gasteiger partial charge in [0.05, 0.1) is 50.1 Å². The van der Waals surface area contributed by atoms with Gasteiger partial charge in [0.15, 0.2) is 0 Å². The van der Waals surface area contributed by atoms with Crippen molar-refractivity contribution in [1.29, 1.82) is 0 Å². The normalized spacial score (nSPS) is 17.8. The quantitative estimate of drug-likeness (QED) is 0.135. The van der Waals surface area contributed by atoms with Crippen LogP contribution in [0.15, 0.2) is 60.9 Å². The van der Waals surface area contributed by atoms with Crippen molar-refractivity contribution in [3.63, 3.8) is 0 Å². The van der Waals surface area contributed by atoms with Gasteiger partial charge in [-0.25, -0.2) is 19.6 Å². The Morgan fingerprint density at radius 2 is 1.05 bits per heavy atom.